The SMILES string of the molecule is COc1cc(-c2noc(-c3ccc(C)cc3)n2)ccc1OCC(=O)NCCc1ccccc1. The van der Waals surface area contributed by atoms with E-state index in [9.17, 15) is 4.79 Å². The summed E-state index contributed by atoms with van der Waals surface area (Å²) >= 11 is 0. The van der Waals surface area contributed by atoms with Crippen LogP contribution in [0.25, 0.3) is 22.8 Å². The molecule has 4 aromatic rings. The number of aromatic nitrogens is 2. The number of nitrogens with one attached hydrogen (secondary N) is 1. The molecule has 1 aromatic heterocycles. The standard InChI is InChI=1S/C26H25N3O4/c1-18-8-10-20(11-9-18)26-28-25(29-33-26)21-12-13-22(23(16-21)31-2)32-17-24(30)27-15-14-19-6-4-3-5-7-19/h3-13,16H,14-15,17H2,1-2H3,(H,27,30). The Morgan fingerprint density at radius 1 is 0.970 bits per heavy atom. The summed E-state index contributed by atoms with van der Waals surface area (Å²) < 4.78 is 16.5. The van der Waals surface area contributed by atoms with Gasteiger partial charge in [0.15, 0.2) is 18.1 Å². The maximum absolute atomic E-state index is 12.1. The smallest absolute Gasteiger partial charge is 0.258 e. The lowest BCUT2D eigenvalue weighted by atomic mass is 10.1. The van der Waals surface area contributed by atoms with Crippen LogP contribution in [0.3, 0.4) is 0 Å². The van der Waals surface area contributed by atoms with E-state index in [0.717, 1.165) is 17.5 Å². The average Bonchev–Trinajstić information content (AvgIpc) is 3.34. The molecule has 0 aliphatic rings. The van der Waals surface area contributed by atoms with Crippen molar-refractivity contribution in [3.63, 3.8) is 0 Å². The monoisotopic (exact) mass is 443 g/mol. The van der Waals surface area contributed by atoms with Gasteiger partial charge in [-0.05, 0) is 49.2 Å². The van der Waals surface area contributed by atoms with Gasteiger partial charge in [0.05, 0.1) is 7.11 Å². The molecule has 0 aliphatic heterocycles. The van der Waals surface area contributed by atoms with Gasteiger partial charge in [0.1, 0.15) is 0 Å². The number of carbonyl (C=O) groups excluding carboxylic acids is 1. The second-order valence-corrected chi connectivity index (χ2v) is 7.53. The van der Waals surface area contributed by atoms with Gasteiger partial charge in [-0.3, -0.25) is 4.79 Å². The first-order valence-electron chi connectivity index (χ1n) is 10.6. The summed E-state index contributed by atoms with van der Waals surface area (Å²) in [6.07, 6.45) is 0.764. The number of aryl methyl sites for hydroxylation is 1. The van der Waals surface area contributed by atoms with E-state index in [1.807, 2.05) is 61.5 Å². The van der Waals surface area contributed by atoms with Crippen LogP contribution in [-0.4, -0.2) is 36.3 Å². The third-order valence-corrected chi connectivity index (χ3v) is 5.08. The Kier molecular flexibility index (Phi) is 6.99. The molecular weight excluding hydrogens is 418 g/mol. The van der Waals surface area contributed by atoms with Crippen molar-refractivity contribution >= 4 is 5.91 Å². The Hall–Kier alpha value is -4.13. The number of hydrogen-bond donors (Lipinski definition) is 1. The van der Waals surface area contributed by atoms with E-state index in [1.54, 1.807) is 25.3 Å². The quantitative estimate of drug-likeness (QED) is 0.411. The molecule has 0 saturated carbocycles. The van der Waals surface area contributed by atoms with Gasteiger partial charge in [-0.15, -0.1) is 0 Å². The number of amides is 1. The highest BCUT2D eigenvalue weighted by Gasteiger charge is 2.14. The van der Waals surface area contributed by atoms with Gasteiger partial charge in [-0.1, -0.05) is 53.2 Å². The van der Waals surface area contributed by atoms with Gasteiger partial charge in [0.25, 0.3) is 11.8 Å². The Morgan fingerprint density at radius 2 is 1.73 bits per heavy atom. The molecule has 0 spiro atoms. The number of benzene rings is 3. The Morgan fingerprint density at radius 3 is 2.48 bits per heavy atom. The normalized spacial score (nSPS) is 10.6. The number of carbonyl (C=O) groups is 1. The van der Waals surface area contributed by atoms with Crippen molar-refractivity contribution in [2.75, 3.05) is 20.3 Å². The molecule has 0 radical (unpaired) electrons. The van der Waals surface area contributed by atoms with Gasteiger partial charge < -0.3 is 19.3 Å². The number of rotatable bonds is 9. The van der Waals surface area contributed by atoms with Crippen LogP contribution < -0.4 is 14.8 Å². The fraction of sp³-hybridized carbons (Fsp3) is 0.192. The molecule has 0 saturated heterocycles. The maximum atomic E-state index is 12.1. The summed E-state index contributed by atoms with van der Waals surface area (Å²) in [7, 11) is 1.54. The highest BCUT2D eigenvalue weighted by molar-refractivity contribution is 5.77. The lowest BCUT2D eigenvalue weighted by Crippen LogP contribution is -2.30. The highest BCUT2D eigenvalue weighted by atomic mass is 16.5. The molecule has 4 rings (SSSR count). The van der Waals surface area contributed by atoms with E-state index in [4.69, 9.17) is 14.0 Å². The van der Waals surface area contributed by atoms with Crippen molar-refractivity contribution in [1.29, 1.82) is 0 Å². The molecule has 3 aromatic carbocycles. The van der Waals surface area contributed by atoms with Crippen LogP contribution in [0.5, 0.6) is 11.5 Å². The number of nitrogens with zero attached hydrogens (tertiary/aromatic N) is 2. The zero-order valence-corrected chi connectivity index (χ0v) is 18.6. The van der Waals surface area contributed by atoms with Gasteiger partial charge >= 0.3 is 0 Å². The van der Waals surface area contributed by atoms with Gasteiger partial charge in [0, 0.05) is 17.7 Å². The van der Waals surface area contributed by atoms with Crippen LogP contribution in [-0.2, 0) is 11.2 Å². The Labute approximate surface area is 192 Å². The molecule has 7 nitrogen and oxygen atoms in total. The van der Waals surface area contributed by atoms with Crippen molar-refractivity contribution in [2.24, 2.45) is 0 Å². The minimum absolute atomic E-state index is 0.107. The molecule has 7 heteroatoms. The second-order valence-electron chi connectivity index (χ2n) is 7.53. The second kappa shape index (κ2) is 10.5. The Balaban J connectivity index is 1.36. The minimum atomic E-state index is -0.196. The van der Waals surface area contributed by atoms with Gasteiger partial charge in [-0.25, -0.2) is 0 Å². The fourth-order valence-electron chi connectivity index (χ4n) is 3.27. The summed E-state index contributed by atoms with van der Waals surface area (Å²) in [5, 5.41) is 6.94. The molecule has 1 N–H and O–H groups in total. The predicted molar refractivity (Wildman–Crippen MR) is 125 cm³/mol. The summed E-state index contributed by atoms with van der Waals surface area (Å²) in [6, 6.07) is 23.1. The van der Waals surface area contributed by atoms with E-state index < -0.39 is 0 Å². The lowest BCUT2D eigenvalue weighted by Gasteiger charge is -2.11. The topological polar surface area (TPSA) is 86.5 Å². The van der Waals surface area contributed by atoms with Crippen molar-refractivity contribution in [3.05, 3.63) is 83.9 Å². The maximum Gasteiger partial charge on any atom is 0.258 e. The Bertz CT molecular complexity index is 1200. The summed E-state index contributed by atoms with van der Waals surface area (Å²) in [5.41, 5.74) is 3.89. The zero-order valence-electron chi connectivity index (χ0n) is 18.6. The first kappa shape index (κ1) is 22.1. The summed E-state index contributed by atoms with van der Waals surface area (Å²) in [4.78, 5) is 16.6. The predicted octanol–water partition coefficient (Wildman–Crippen LogP) is 4.46. The molecule has 33 heavy (non-hydrogen) atoms. The summed E-state index contributed by atoms with van der Waals surface area (Å²) in [6.45, 7) is 2.46. The third kappa shape index (κ3) is 5.77. The van der Waals surface area contributed by atoms with Crippen LogP contribution in [0.2, 0.25) is 0 Å². The van der Waals surface area contributed by atoms with Crippen molar-refractivity contribution in [2.45, 2.75) is 13.3 Å². The minimum Gasteiger partial charge on any atom is -0.493 e. The molecular formula is C26H25N3O4. The molecule has 1 heterocycles. The third-order valence-electron chi connectivity index (χ3n) is 5.08. The van der Waals surface area contributed by atoms with Gasteiger partial charge in [-0.2, -0.15) is 4.98 Å². The van der Waals surface area contributed by atoms with Crippen LogP contribution >= 0.6 is 0 Å². The highest BCUT2D eigenvalue weighted by Crippen LogP contribution is 2.32. The van der Waals surface area contributed by atoms with Gasteiger partial charge in [0.2, 0.25) is 5.82 Å². The van der Waals surface area contributed by atoms with Crippen molar-refractivity contribution in [1.82, 2.24) is 15.5 Å². The molecule has 0 unspecified atom stereocenters. The van der Waals surface area contributed by atoms with E-state index in [0.29, 0.717) is 35.3 Å². The fourth-order valence-corrected chi connectivity index (χ4v) is 3.27. The first-order valence-corrected chi connectivity index (χ1v) is 10.6. The molecule has 1 amide bonds. The number of hydrogen-bond acceptors (Lipinski definition) is 6. The van der Waals surface area contributed by atoms with Crippen molar-refractivity contribution in [3.8, 4) is 34.3 Å². The summed E-state index contributed by atoms with van der Waals surface area (Å²) in [5.74, 6) is 1.62. The molecule has 168 valence electrons. The van der Waals surface area contributed by atoms with Crippen LogP contribution in [0.1, 0.15) is 11.1 Å². The number of methoxy groups -OCH3 is 1. The van der Waals surface area contributed by atoms with Crippen molar-refractivity contribution < 1.29 is 18.8 Å². The lowest BCUT2D eigenvalue weighted by molar-refractivity contribution is -0.123. The molecule has 0 aliphatic carbocycles. The van der Waals surface area contributed by atoms with Crippen LogP contribution in [0.15, 0.2) is 77.3 Å². The molecule has 0 fully saturated rings. The zero-order chi connectivity index (χ0) is 23.0. The van der Waals surface area contributed by atoms with Crippen LogP contribution in [0, 0.1) is 6.92 Å². The van der Waals surface area contributed by atoms with E-state index in [2.05, 4.69) is 15.5 Å². The molecule has 0 bridgehead atoms. The first-order chi connectivity index (χ1) is 16.1. The van der Waals surface area contributed by atoms with E-state index >= 15 is 0 Å². The largest absolute Gasteiger partial charge is 0.493 e. The number of ether oxygens (including phenoxy) is 2. The van der Waals surface area contributed by atoms with E-state index in [-0.39, 0.29) is 12.5 Å². The average molecular weight is 444 g/mol. The van der Waals surface area contributed by atoms with E-state index in [1.165, 1.54) is 5.56 Å². The van der Waals surface area contributed by atoms with Crippen LogP contribution in [0.4, 0.5) is 0 Å². The molecule has 0 atom stereocenters.